The summed E-state index contributed by atoms with van der Waals surface area (Å²) >= 11 is 0. The zero-order chi connectivity index (χ0) is 19.5. The lowest BCUT2D eigenvalue weighted by molar-refractivity contribution is -0.131. The van der Waals surface area contributed by atoms with E-state index in [0.29, 0.717) is 25.9 Å². The molecule has 0 aliphatic carbocycles. The molecule has 1 aliphatic rings. The van der Waals surface area contributed by atoms with Crippen molar-refractivity contribution in [1.82, 2.24) is 24.8 Å². The van der Waals surface area contributed by atoms with E-state index in [0.717, 1.165) is 41.7 Å². The van der Waals surface area contributed by atoms with Crippen LogP contribution >= 0.6 is 0 Å². The van der Waals surface area contributed by atoms with Gasteiger partial charge in [0.05, 0.1) is 5.69 Å². The van der Waals surface area contributed by atoms with Crippen molar-refractivity contribution in [3.05, 3.63) is 53.7 Å². The molecule has 0 bridgehead atoms. The minimum absolute atomic E-state index is 0.175. The van der Waals surface area contributed by atoms with E-state index in [1.165, 1.54) is 0 Å². The molecule has 1 fully saturated rings. The van der Waals surface area contributed by atoms with Crippen molar-refractivity contribution in [2.75, 3.05) is 31.1 Å². The lowest BCUT2D eigenvalue weighted by Gasteiger charge is -2.35. The quantitative estimate of drug-likeness (QED) is 0.675. The first kappa shape index (κ1) is 18.2. The van der Waals surface area contributed by atoms with E-state index in [9.17, 15) is 4.79 Å². The fraction of sp³-hybridized carbons (Fsp3) is 0.400. The first-order chi connectivity index (χ1) is 13.6. The highest BCUT2D eigenvalue weighted by atomic mass is 16.5. The molecule has 4 heterocycles. The number of aryl methyl sites for hydroxylation is 2. The van der Waals surface area contributed by atoms with Crippen LogP contribution in [0.2, 0.25) is 0 Å². The Labute approximate surface area is 163 Å². The molecule has 3 aromatic heterocycles. The first-order valence-corrected chi connectivity index (χ1v) is 9.53. The normalized spacial score (nSPS) is 14.5. The summed E-state index contributed by atoms with van der Waals surface area (Å²) in [4.78, 5) is 16.7. The van der Waals surface area contributed by atoms with Crippen LogP contribution in [0.5, 0.6) is 0 Å². The molecular formula is C20H24N6O2. The second kappa shape index (κ2) is 7.84. The fourth-order valence-corrected chi connectivity index (χ4v) is 3.55. The second-order valence-corrected chi connectivity index (χ2v) is 7.01. The highest BCUT2D eigenvalue weighted by Crippen LogP contribution is 2.17. The van der Waals surface area contributed by atoms with Crippen molar-refractivity contribution >= 4 is 11.7 Å². The number of amides is 1. The monoisotopic (exact) mass is 380 g/mol. The number of nitrogens with zero attached hydrogens (tertiary/aromatic N) is 6. The maximum absolute atomic E-state index is 12.6. The summed E-state index contributed by atoms with van der Waals surface area (Å²) in [5.74, 6) is 2.62. The Hall–Kier alpha value is -3.16. The minimum Gasteiger partial charge on any atom is -0.361 e. The zero-order valence-corrected chi connectivity index (χ0v) is 16.2. The number of rotatable bonds is 5. The molecule has 0 unspecified atom stereocenters. The number of hydrogen-bond acceptors (Lipinski definition) is 6. The van der Waals surface area contributed by atoms with E-state index in [1.54, 1.807) is 0 Å². The largest absolute Gasteiger partial charge is 0.361 e. The second-order valence-electron chi connectivity index (χ2n) is 7.01. The molecule has 0 N–H and O–H groups in total. The fourth-order valence-electron chi connectivity index (χ4n) is 3.55. The first-order valence-electron chi connectivity index (χ1n) is 9.53. The number of hydrogen-bond donors (Lipinski definition) is 0. The predicted molar refractivity (Wildman–Crippen MR) is 104 cm³/mol. The van der Waals surface area contributed by atoms with E-state index in [4.69, 9.17) is 4.52 Å². The van der Waals surface area contributed by atoms with Crippen LogP contribution < -0.4 is 4.90 Å². The van der Waals surface area contributed by atoms with Crippen molar-refractivity contribution in [3.8, 4) is 5.82 Å². The van der Waals surface area contributed by atoms with Gasteiger partial charge < -0.3 is 18.9 Å². The van der Waals surface area contributed by atoms with E-state index >= 15 is 0 Å². The van der Waals surface area contributed by atoms with Crippen LogP contribution in [0.25, 0.3) is 5.82 Å². The third-order valence-corrected chi connectivity index (χ3v) is 5.23. The van der Waals surface area contributed by atoms with Crippen LogP contribution in [-0.4, -0.2) is 56.9 Å². The molecule has 8 nitrogen and oxygen atoms in total. The van der Waals surface area contributed by atoms with Crippen LogP contribution in [0.1, 0.15) is 23.4 Å². The molecule has 1 amide bonds. The Balaban J connectivity index is 1.30. The molecular weight excluding hydrogens is 356 g/mol. The van der Waals surface area contributed by atoms with Crippen LogP contribution in [0.3, 0.4) is 0 Å². The smallest absolute Gasteiger partial charge is 0.223 e. The predicted octanol–water partition coefficient (Wildman–Crippen LogP) is 2.15. The molecule has 1 saturated heterocycles. The third kappa shape index (κ3) is 3.76. The van der Waals surface area contributed by atoms with Crippen LogP contribution in [0.4, 0.5) is 5.82 Å². The van der Waals surface area contributed by atoms with E-state index in [1.807, 2.05) is 60.0 Å². The lowest BCUT2D eigenvalue weighted by Crippen LogP contribution is -2.49. The van der Waals surface area contributed by atoms with Gasteiger partial charge in [-0.2, -0.15) is 0 Å². The number of anilines is 1. The summed E-state index contributed by atoms with van der Waals surface area (Å²) < 4.78 is 7.10. The van der Waals surface area contributed by atoms with Crippen molar-refractivity contribution < 1.29 is 9.32 Å². The highest BCUT2D eigenvalue weighted by molar-refractivity contribution is 5.76. The molecule has 3 aromatic rings. The zero-order valence-electron chi connectivity index (χ0n) is 16.2. The van der Waals surface area contributed by atoms with Crippen LogP contribution in [0, 0.1) is 13.8 Å². The molecule has 8 heteroatoms. The Morgan fingerprint density at radius 3 is 2.32 bits per heavy atom. The maximum atomic E-state index is 12.6. The summed E-state index contributed by atoms with van der Waals surface area (Å²) in [7, 11) is 0. The SMILES string of the molecule is Cc1noc(C)c1CCC(=O)N1CCN(c2ccc(-n3cccc3)nn2)CC1. The molecule has 0 radical (unpaired) electrons. The van der Waals surface area contributed by atoms with Crippen LogP contribution in [0.15, 0.2) is 41.2 Å². The highest BCUT2D eigenvalue weighted by Gasteiger charge is 2.22. The van der Waals surface area contributed by atoms with Gasteiger partial charge in [-0.05, 0) is 44.5 Å². The van der Waals surface area contributed by atoms with Gasteiger partial charge in [0.2, 0.25) is 5.91 Å². The average Bonchev–Trinajstić information content (AvgIpc) is 3.37. The minimum atomic E-state index is 0.175. The van der Waals surface area contributed by atoms with Gasteiger partial charge in [0.15, 0.2) is 11.6 Å². The van der Waals surface area contributed by atoms with Gasteiger partial charge in [-0.1, -0.05) is 5.16 Å². The third-order valence-electron chi connectivity index (χ3n) is 5.23. The van der Waals surface area contributed by atoms with Gasteiger partial charge in [0.25, 0.3) is 0 Å². The molecule has 28 heavy (non-hydrogen) atoms. The maximum Gasteiger partial charge on any atom is 0.223 e. The van der Waals surface area contributed by atoms with Gasteiger partial charge in [-0.15, -0.1) is 10.2 Å². The van der Waals surface area contributed by atoms with Crippen molar-refractivity contribution in [2.24, 2.45) is 0 Å². The van der Waals surface area contributed by atoms with Gasteiger partial charge >= 0.3 is 0 Å². The standard InChI is InChI=1S/C20H24N6O2/c1-15-17(16(2)28-23-15)5-8-20(27)26-13-11-25(12-14-26)19-7-6-18(21-22-19)24-9-3-4-10-24/h3-4,6-7,9-10H,5,8,11-14H2,1-2H3. The van der Waals surface area contributed by atoms with Gasteiger partial charge in [0.1, 0.15) is 5.76 Å². The van der Waals surface area contributed by atoms with Crippen LogP contribution in [-0.2, 0) is 11.2 Å². The molecule has 4 rings (SSSR count). The van der Waals surface area contributed by atoms with Crippen molar-refractivity contribution in [1.29, 1.82) is 0 Å². The molecule has 0 saturated carbocycles. The molecule has 0 atom stereocenters. The average molecular weight is 380 g/mol. The van der Waals surface area contributed by atoms with Gasteiger partial charge in [-0.3, -0.25) is 4.79 Å². The Bertz CT molecular complexity index is 905. The summed E-state index contributed by atoms with van der Waals surface area (Å²) in [5, 5.41) is 12.6. The topological polar surface area (TPSA) is 80.3 Å². The van der Waals surface area contributed by atoms with Crippen molar-refractivity contribution in [3.63, 3.8) is 0 Å². The van der Waals surface area contributed by atoms with Gasteiger partial charge in [-0.25, -0.2) is 0 Å². The summed E-state index contributed by atoms with van der Waals surface area (Å²) in [5.41, 5.74) is 1.92. The van der Waals surface area contributed by atoms with Crippen molar-refractivity contribution in [2.45, 2.75) is 26.7 Å². The molecule has 0 aromatic carbocycles. The molecule has 146 valence electrons. The molecule has 0 spiro atoms. The molecule has 1 aliphatic heterocycles. The number of piperazine rings is 1. The Kier molecular flexibility index (Phi) is 5.10. The number of carbonyl (C=O) groups excluding carboxylic acids is 1. The Morgan fingerprint density at radius 1 is 1.04 bits per heavy atom. The summed E-state index contributed by atoms with van der Waals surface area (Å²) in [6.07, 6.45) is 5.04. The number of aromatic nitrogens is 4. The van der Waals surface area contributed by atoms with E-state index in [2.05, 4.69) is 20.3 Å². The van der Waals surface area contributed by atoms with E-state index < -0.39 is 0 Å². The summed E-state index contributed by atoms with van der Waals surface area (Å²) in [6.45, 7) is 6.71. The van der Waals surface area contributed by atoms with E-state index in [-0.39, 0.29) is 5.91 Å². The van der Waals surface area contributed by atoms with Gasteiger partial charge in [0, 0.05) is 50.6 Å². The number of carbonyl (C=O) groups is 1. The Morgan fingerprint density at radius 2 is 1.71 bits per heavy atom. The lowest BCUT2D eigenvalue weighted by atomic mass is 10.1. The summed E-state index contributed by atoms with van der Waals surface area (Å²) in [6, 6.07) is 7.86.